The zero-order valence-electron chi connectivity index (χ0n) is 14.7. The molecule has 0 aliphatic heterocycles. The highest BCUT2D eigenvalue weighted by atomic mass is 16.5. The van der Waals surface area contributed by atoms with Crippen molar-refractivity contribution in [1.29, 1.82) is 0 Å². The number of hydrogen-bond acceptors (Lipinski definition) is 7. The largest absolute Gasteiger partial charge is 0.497 e. The third-order valence-electron chi connectivity index (χ3n) is 3.65. The van der Waals surface area contributed by atoms with E-state index in [0.717, 1.165) is 11.1 Å². The van der Waals surface area contributed by atoms with E-state index in [4.69, 9.17) is 18.6 Å². The number of ether oxygens (including phenoxy) is 3. The van der Waals surface area contributed by atoms with Crippen molar-refractivity contribution in [3.8, 4) is 23.0 Å². The van der Waals surface area contributed by atoms with E-state index < -0.39 is 5.97 Å². The Morgan fingerprint density at radius 3 is 2.42 bits per heavy atom. The summed E-state index contributed by atoms with van der Waals surface area (Å²) in [6.45, 7) is 1.85. The van der Waals surface area contributed by atoms with Crippen molar-refractivity contribution in [2.45, 2.75) is 13.5 Å². The summed E-state index contributed by atoms with van der Waals surface area (Å²) in [6.07, 6.45) is 0. The SMILES string of the molecule is COc1cc(OC)cc(C(=O)OCc2nnc(-c3cccc(C)c3)o2)c1. The Morgan fingerprint density at radius 1 is 1.04 bits per heavy atom. The van der Waals surface area contributed by atoms with Crippen molar-refractivity contribution in [2.75, 3.05) is 14.2 Å². The van der Waals surface area contributed by atoms with Gasteiger partial charge in [-0.05, 0) is 31.2 Å². The van der Waals surface area contributed by atoms with E-state index in [-0.39, 0.29) is 12.5 Å². The molecular weight excluding hydrogens is 336 g/mol. The lowest BCUT2D eigenvalue weighted by molar-refractivity contribution is 0.0438. The Labute approximate surface area is 150 Å². The number of rotatable bonds is 6. The lowest BCUT2D eigenvalue weighted by Gasteiger charge is -2.07. The van der Waals surface area contributed by atoms with E-state index in [9.17, 15) is 4.79 Å². The molecular formula is C19H18N2O5. The molecule has 26 heavy (non-hydrogen) atoms. The van der Waals surface area contributed by atoms with Gasteiger partial charge in [-0.1, -0.05) is 17.7 Å². The molecule has 0 fully saturated rings. The molecule has 3 rings (SSSR count). The maximum atomic E-state index is 12.3. The van der Waals surface area contributed by atoms with Crippen molar-refractivity contribution in [2.24, 2.45) is 0 Å². The number of methoxy groups -OCH3 is 2. The van der Waals surface area contributed by atoms with Gasteiger partial charge in [-0.15, -0.1) is 10.2 Å². The van der Waals surface area contributed by atoms with E-state index in [1.165, 1.54) is 14.2 Å². The first kappa shape index (κ1) is 17.5. The van der Waals surface area contributed by atoms with Gasteiger partial charge in [0.1, 0.15) is 11.5 Å². The molecule has 0 spiro atoms. The van der Waals surface area contributed by atoms with Crippen LogP contribution in [0.4, 0.5) is 0 Å². The number of aromatic nitrogens is 2. The first-order valence-corrected chi connectivity index (χ1v) is 7.88. The van der Waals surface area contributed by atoms with Crippen LogP contribution >= 0.6 is 0 Å². The Balaban J connectivity index is 1.69. The van der Waals surface area contributed by atoms with Crippen LogP contribution in [0.3, 0.4) is 0 Å². The highest BCUT2D eigenvalue weighted by Crippen LogP contribution is 2.23. The number of aryl methyl sites for hydroxylation is 1. The zero-order chi connectivity index (χ0) is 18.5. The number of benzene rings is 2. The molecule has 0 bridgehead atoms. The van der Waals surface area contributed by atoms with Crippen LogP contribution in [0.15, 0.2) is 46.9 Å². The lowest BCUT2D eigenvalue weighted by Crippen LogP contribution is -2.06. The number of carbonyl (C=O) groups is 1. The van der Waals surface area contributed by atoms with Crippen LogP contribution in [0.25, 0.3) is 11.5 Å². The molecule has 134 valence electrons. The van der Waals surface area contributed by atoms with Crippen LogP contribution in [0.5, 0.6) is 11.5 Å². The molecule has 0 atom stereocenters. The molecule has 0 aliphatic rings. The molecule has 0 N–H and O–H groups in total. The second-order valence-electron chi connectivity index (χ2n) is 5.55. The average Bonchev–Trinajstić information content (AvgIpc) is 3.14. The van der Waals surface area contributed by atoms with Crippen LogP contribution in [-0.2, 0) is 11.3 Å². The third-order valence-corrected chi connectivity index (χ3v) is 3.65. The normalized spacial score (nSPS) is 10.4. The molecule has 2 aromatic carbocycles. The van der Waals surface area contributed by atoms with E-state index >= 15 is 0 Å². The smallest absolute Gasteiger partial charge is 0.338 e. The standard InChI is InChI=1S/C19H18N2O5/c1-12-5-4-6-13(7-12)18-21-20-17(26-18)11-25-19(22)14-8-15(23-2)10-16(9-14)24-3/h4-10H,11H2,1-3H3. The summed E-state index contributed by atoms with van der Waals surface area (Å²) in [6, 6.07) is 12.5. The maximum Gasteiger partial charge on any atom is 0.338 e. The van der Waals surface area contributed by atoms with Gasteiger partial charge in [0.05, 0.1) is 19.8 Å². The van der Waals surface area contributed by atoms with Crippen LogP contribution in [0.2, 0.25) is 0 Å². The Kier molecular flexibility index (Phi) is 5.17. The molecule has 0 aliphatic carbocycles. The van der Waals surface area contributed by atoms with Crippen molar-refractivity contribution in [1.82, 2.24) is 10.2 Å². The fourth-order valence-electron chi connectivity index (χ4n) is 2.34. The number of hydrogen-bond donors (Lipinski definition) is 0. The number of nitrogens with zero attached hydrogens (tertiary/aromatic N) is 2. The fraction of sp³-hybridized carbons (Fsp3) is 0.211. The van der Waals surface area contributed by atoms with Crippen LogP contribution in [0, 0.1) is 6.92 Å². The van der Waals surface area contributed by atoms with Gasteiger partial charge in [-0.25, -0.2) is 4.79 Å². The molecule has 0 radical (unpaired) electrons. The minimum Gasteiger partial charge on any atom is -0.497 e. The van der Waals surface area contributed by atoms with E-state index in [1.807, 2.05) is 31.2 Å². The Bertz CT molecular complexity index is 898. The van der Waals surface area contributed by atoms with E-state index in [2.05, 4.69) is 10.2 Å². The summed E-state index contributed by atoms with van der Waals surface area (Å²) in [4.78, 5) is 12.3. The second kappa shape index (κ2) is 7.69. The van der Waals surface area contributed by atoms with Gasteiger partial charge < -0.3 is 18.6 Å². The van der Waals surface area contributed by atoms with Crippen LogP contribution in [0.1, 0.15) is 21.8 Å². The zero-order valence-corrected chi connectivity index (χ0v) is 14.7. The number of esters is 1. The molecule has 7 nitrogen and oxygen atoms in total. The Morgan fingerprint density at radius 2 is 1.77 bits per heavy atom. The molecule has 0 saturated heterocycles. The molecule has 0 amide bonds. The molecule has 7 heteroatoms. The molecule has 0 saturated carbocycles. The minimum atomic E-state index is -0.544. The quantitative estimate of drug-likeness (QED) is 0.627. The van der Waals surface area contributed by atoms with Gasteiger partial charge in [-0.3, -0.25) is 0 Å². The predicted molar refractivity (Wildman–Crippen MR) is 93.1 cm³/mol. The average molecular weight is 354 g/mol. The second-order valence-corrected chi connectivity index (χ2v) is 5.55. The summed E-state index contributed by atoms with van der Waals surface area (Å²) in [5.41, 5.74) is 2.20. The first-order chi connectivity index (χ1) is 12.6. The van der Waals surface area contributed by atoms with E-state index in [1.54, 1.807) is 18.2 Å². The highest BCUT2D eigenvalue weighted by molar-refractivity contribution is 5.90. The fourth-order valence-corrected chi connectivity index (χ4v) is 2.34. The molecule has 3 aromatic rings. The first-order valence-electron chi connectivity index (χ1n) is 7.88. The van der Waals surface area contributed by atoms with Crippen molar-refractivity contribution in [3.63, 3.8) is 0 Å². The minimum absolute atomic E-state index is 0.128. The summed E-state index contributed by atoms with van der Waals surface area (Å²) in [5, 5.41) is 7.90. The topological polar surface area (TPSA) is 83.7 Å². The number of carbonyl (C=O) groups excluding carboxylic acids is 1. The van der Waals surface area contributed by atoms with Gasteiger partial charge in [0.25, 0.3) is 5.89 Å². The van der Waals surface area contributed by atoms with Gasteiger partial charge in [0.15, 0.2) is 6.61 Å². The van der Waals surface area contributed by atoms with Crippen molar-refractivity contribution in [3.05, 3.63) is 59.5 Å². The summed E-state index contributed by atoms with van der Waals surface area (Å²) < 4.78 is 21.1. The van der Waals surface area contributed by atoms with Crippen molar-refractivity contribution < 1.29 is 23.4 Å². The summed E-state index contributed by atoms with van der Waals surface area (Å²) in [7, 11) is 3.02. The lowest BCUT2D eigenvalue weighted by atomic mass is 10.1. The predicted octanol–water partition coefficient (Wildman–Crippen LogP) is 3.42. The van der Waals surface area contributed by atoms with Gasteiger partial charge in [-0.2, -0.15) is 0 Å². The molecule has 0 unspecified atom stereocenters. The van der Waals surface area contributed by atoms with E-state index in [0.29, 0.717) is 23.0 Å². The monoisotopic (exact) mass is 354 g/mol. The molecule has 1 heterocycles. The van der Waals surface area contributed by atoms with Crippen LogP contribution in [-0.4, -0.2) is 30.4 Å². The van der Waals surface area contributed by atoms with Gasteiger partial charge in [0.2, 0.25) is 5.89 Å². The molecule has 1 aromatic heterocycles. The highest BCUT2D eigenvalue weighted by Gasteiger charge is 2.14. The third kappa shape index (κ3) is 4.00. The Hall–Kier alpha value is -3.35. The maximum absolute atomic E-state index is 12.3. The van der Waals surface area contributed by atoms with Crippen molar-refractivity contribution >= 4 is 5.97 Å². The van der Waals surface area contributed by atoms with Gasteiger partial charge in [0, 0.05) is 11.6 Å². The summed E-state index contributed by atoms with van der Waals surface area (Å²) >= 11 is 0. The summed E-state index contributed by atoms with van der Waals surface area (Å²) in [5.74, 6) is 1.04. The van der Waals surface area contributed by atoms with Gasteiger partial charge >= 0.3 is 5.97 Å². The van der Waals surface area contributed by atoms with Crippen LogP contribution < -0.4 is 9.47 Å².